The van der Waals surface area contributed by atoms with Gasteiger partial charge in [-0.3, -0.25) is 0 Å². The van der Waals surface area contributed by atoms with Crippen molar-refractivity contribution in [1.29, 1.82) is 0 Å². The molecule has 0 aromatic rings. The second-order valence-corrected chi connectivity index (χ2v) is 5.11. The van der Waals surface area contributed by atoms with Crippen molar-refractivity contribution in [3.8, 4) is 0 Å². The van der Waals surface area contributed by atoms with Crippen molar-refractivity contribution in [3.05, 3.63) is 12.7 Å². The van der Waals surface area contributed by atoms with E-state index in [1.54, 1.807) is 6.08 Å². The molecule has 1 aliphatic rings. The van der Waals surface area contributed by atoms with Crippen molar-refractivity contribution < 1.29 is 14.6 Å². The Balaban J connectivity index is 2.73. The maximum atomic E-state index is 9.72. The van der Waals surface area contributed by atoms with E-state index in [-0.39, 0.29) is 11.7 Å². The fourth-order valence-corrected chi connectivity index (χ4v) is 1.41. The number of hydrogen-bond acceptors (Lipinski definition) is 3. The zero-order valence-corrected chi connectivity index (χ0v) is 9.41. The molecule has 0 bridgehead atoms. The lowest BCUT2D eigenvalue weighted by Crippen LogP contribution is -2.36. The quantitative estimate of drug-likeness (QED) is 0.693. The number of ether oxygens (including phenoxy) is 2. The third-order valence-electron chi connectivity index (χ3n) is 2.41. The average molecular weight is 200 g/mol. The van der Waals surface area contributed by atoms with Crippen LogP contribution in [-0.4, -0.2) is 23.3 Å². The first-order valence-electron chi connectivity index (χ1n) is 4.92. The summed E-state index contributed by atoms with van der Waals surface area (Å²) >= 11 is 0. The van der Waals surface area contributed by atoms with E-state index in [2.05, 4.69) is 6.58 Å². The highest BCUT2D eigenvalue weighted by atomic mass is 16.8. The largest absolute Gasteiger partial charge is 0.366 e. The Morgan fingerprint density at radius 2 is 2.07 bits per heavy atom. The molecule has 1 heterocycles. The predicted molar refractivity (Wildman–Crippen MR) is 54.6 cm³/mol. The van der Waals surface area contributed by atoms with Gasteiger partial charge in [-0.05, 0) is 13.3 Å². The second-order valence-electron chi connectivity index (χ2n) is 5.11. The van der Waals surface area contributed by atoms with E-state index in [0.717, 1.165) is 0 Å². The van der Waals surface area contributed by atoms with Crippen molar-refractivity contribution in [3.63, 3.8) is 0 Å². The summed E-state index contributed by atoms with van der Waals surface area (Å²) in [6.45, 7) is 11.5. The van der Waals surface area contributed by atoms with Crippen molar-refractivity contribution in [1.82, 2.24) is 0 Å². The van der Waals surface area contributed by atoms with Crippen LogP contribution in [0.5, 0.6) is 0 Å². The zero-order chi connectivity index (χ0) is 11.0. The zero-order valence-electron chi connectivity index (χ0n) is 9.41. The lowest BCUT2D eigenvalue weighted by Gasteiger charge is -2.27. The lowest BCUT2D eigenvalue weighted by molar-refractivity contribution is -0.160. The Kier molecular flexibility index (Phi) is 3.04. The summed E-state index contributed by atoms with van der Waals surface area (Å²) in [4.78, 5) is 0. The third kappa shape index (κ3) is 2.16. The van der Waals surface area contributed by atoms with Crippen molar-refractivity contribution in [2.24, 2.45) is 5.41 Å². The monoisotopic (exact) mass is 200 g/mol. The Bertz CT molecular complexity index is 219. The molecule has 3 heteroatoms. The van der Waals surface area contributed by atoms with E-state index in [0.29, 0.717) is 6.42 Å². The maximum absolute atomic E-state index is 9.72. The summed E-state index contributed by atoms with van der Waals surface area (Å²) < 4.78 is 11.1. The van der Waals surface area contributed by atoms with Gasteiger partial charge in [0, 0.05) is 5.41 Å². The van der Waals surface area contributed by atoms with Gasteiger partial charge in [0.15, 0.2) is 12.6 Å². The van der Waals surface area contributed by atoms with E-state index < -0.39 is 11.9 Å². The molecule has 0 radical (unpaired) electrons. The fourth-order valence-electron chi connectivity index (χ4n) is 1.41. The van der Waals surface area contributed by atoms with E-state index >= 15 is 0 Å². The molecular weight excluding hydrogens is 180 g/mol. The minimum absolute atomic E-state index is 0.125. The van der Waals surface area contributed by atoms with Crippen LogP contribution in [-0.2, 0) is 9.47 Å². The van der Waals surface area contributed by atoms with Crippen molar-refractivity contribution >= 4 is 0 Å². The molecule has 0 spiro atoms. The smallest absolute Gasteiger partial charge is 0.187 e. The molecule has 0 aliphatic carbocycles. The van der Waals surface area contributed by atoms with Gasteiger partial charge in [0.05, 0.1) is 0 Å². The molecule has 0 saturated carbocycles. The molecule has 0 aromatic carbocycles. The van der Waals surface area contributed by atoms with Crippen LogP contribution < -0.4 is 0 Å². The average Bonchev–Trinajstić information content (AvgIpc) is 2.28. The number of hydrogen-bond donors (Lipinski definition) is 1. The summed E-state index contributed by atoms with van der Waals surface area (Å²) in [5.74, 6) is 0. The molecular formula is C11H20O3. The van der Waals surface area contributed by atoms with Gasteiger partial charge in [0.25, 0.3) is 0 Å². The van der Waals surface area contributed by atoms with Crippen LogP contribution in [0.15, 0.2) is 12.7 Å². The van der Waals surface area contributed by atoms with Gasteiger partial charge in [-0.25, -0.2) is 0 Å². The summed E-state index contributed by atoms with van der Waals surface area (Å²) in [6, 6.07) is 0. The molecule has 0 unspecified atom stereocenters. The molecule has 82 valence electrons. The van der Waals surface area contributed by atoms with E-state index in [4.69, 9.17) is 9.47 Å². The first-order chi connectivity index (χ1) is 6.29. The van der Waals surface area contributed by atoms with Crippen molar-refractivity contribution in [2.45, 2.75) is 52.3 Å². The second kappa shape index (κ2) is 3.65. The third-order valence-corrected chi connectivity index (χ3v) is 2.41. The molecule has 0 aromatic heterocycles. The Morgan fingerprint density at radius 3 is 2.43 bits per heavy atom. The number of aliphatic hydroxyl groups excluding tert-OH is 1. The molecule has 1 saturated heterocycles. The normalized spacial score (nSPS) is 38.6. The maximum Gasteiger partial charge on any atom is 0.187 e. The fraction of sp³-hybridized carbons (Fsp3) is 0.818. The molecule has 3 nitrogen and oxygen atoms in total. The highest BCUT2D eigenvalue weighted by molar-refractivity contribution is 4.92. The molecule has 1 aliphatic heterocycles. The predicted octanol–water partition coefficient (Wildman–Crippen LogP) is 2.06. The highest BCUT2D eigenvalue weighted by Gasteiger charge is 2.48. The molecule has 3 atom stereocenters. The molecule has 1 rings (SSSR count). The van der Waals surface area contributed by atoms with E-state index in [1.807, 2.05) is 27.7 Å². The minimum Gasteiger partial charge on any atom is -0.366 e. The van der Waals surface area contributed by atoms with Gasteiger partial charge in [-0.15, -0.1) is 6.58 Å². The minimum atomic E-state index is -0.871. The van der Waals surface area contributed by atoms with E-state index in [1.165, 1.54) is 0 Å². The van der Waals surface area contributed by atoms with Gasteiger partial charge in [-0.1, -0.05) is 26.8 Å². The van der Waals surface area contributed by atoms with Crippen LogP contribution >= 0.6 is 0 Å². The van der Waals surface area contributed by atoms with Gasteiger partial charge < -0.3 is 14.6 Å². The van der Waals surface area contributed by atoms with Crippen LogP contribution in [0, 0.1) is 5.41 Å². The van der Waals surface area contributed by atoms with Crippen LogP contribution in [0.1, 0.15) is 34.1 Å². The summed E-state index contributed by atoms with van der Waals surface area (Å²) in [7, 11) is 0. The molecule has 0 amide bonds. The van der Waals surface area contributed by atoms with Crippen molar-refractivity contribution in [2.75, 3.05) is 0 Å². The molecule has 1 fully saturated rings. The Morgan fingerprint density at radius 1 is 1.50 bits per heavy atom. The Labute approximate surface area is 85.7 Å². The lowest BCUT2D eigenvalue weighted by atomic mass is 9.96. The van der Waals surface area contributed by atoms with Gasteiger partial charge >= 0.3 is 0 Å². The van der Waals surface area contributed by atoms with Gasteiger partial charge in [-0.2, -0.15) is 0 Å². The number of aliphatic hydroxyl groups is 1. The Hall–Kier alpha value is -0.380. The standard InChI is InChI=1S/C11H20O3/c1-6-7-11(5)8(12)13-9(14-11)10(2,3)4/h6,8-9,12H,1,7H2,2-5H3/t8-,9-,11-/m1/s1. The van der Waals surface area contributed by atoms with Crippen LogP contribution in [0.4, 0.5) is 0 Å². The highest BCUT2D eigenvalue weighted by Crippen LogP contribution is 2.38. The summed E-state index contributed by atoms with van der Waals surface area (Å²) in [6.07, 6.45) is 1.09. The SMILES string of the molecule is C=CC[C@@]1(C)O[C@H](C(C)(C)C)O[C@H]1O. The van der Waals surface area contributed by atoms with Crippen LogP contribution in [0.25, 0.3) is 0 Å². The summed E-state index contributed by atoms with van der Waals surface area (Å²) in [5.41, 5.74) is -0.778. The first kappa shape index (κ1) is 11.7. The molecule has 1 N–H and O–H groups in total. The van der Waals surface area contributed by atoms with Crippen LogP contribution in [0.2, 0.25) is 0 Å². The number of rotatable bonds is 2. The van der Waals surface area contributed by atoms with E-state index in [9.17, 15) is 5.11 Å². The van der Waals surface area contributed by atoms with Gasteiger partial charge in [0.1, 0.15) is 5.60 Å². The molecule has 14 heavy (non-hydrogen) atoms. The van der Waals surface area contributed by atoms with Crippen LogP contribution in [0.3, 0.4) is 0 Å². The topological polar surface area (TPSA) is 38.7 Å². The summed E-state index contributed by atoms with van der Waals surface area (Å²) in [5, 5.41) is 9.72. The van der Waals surface area contributed by atoms with Gasteiger partial charge in [0.2, 0.25) is 0 Å². The first-order valence-corrected chi connectivity index (χ1v) is 4.92.